The normalized spacial score (nSPS) is 12.5. The van der Waals surface area contributed by atoms with Crippen LogP contribution in [0.15, 0.2) is 84.5 Å². The predicted molar refractivity (Wildman–Crippen MR) is 180 cm³/mol. The van der Waals surface area contributed by atoms with Gasteiger partial charge in [-0.25, -0.2) is 0 Å². The van der Waals surface area contributed by atoms with E-state index in [9.17, 15) is 9.90 Å². The van der Waals surface area contributed by atoms with Crippen molar-refractivity contribution < 1.29 is 15.0 Å². The first kappa shape index (κ1) is 39.0. The number of aliphatic hydroxyl groups excluding tert-OH is 1. The molecule has 0 amide bonds. The van der Waals surface area contributed by atoms with Crippen molar-refractivity contribution in [2.24, 2.45) is 11.3 Å². The minimum Gasteiger partial charge on any atom is -0.400 e. The molecule has 232 valence electrons. The fourth-order valence-corrected chi connectivity index (χ4v) is 4.93. The Bertz CT molecular complexity index is 1010. The quantitative estimate of drug-likeness (QED) is 0.0864. The van der Waals surface area contributed by atoms with Crippen LogP contribution < -0.4 is 0 Å². The lowest BCUT2D eigenvalue weighted by molar-refractivity contribution is -0.114. The van der Waals surface area contributed by atoms with Crippen molar-refractivity contribution in [3.8, 4) is 12.3 Å². The van der Waals surface area contributed by atoms with Crippen LogP contribution >= 0.6 is 0 Å². The number of terminal acetylenes is 1. The van der Waals surface area contributed by atoms with Gasteiger partial charge in [0, 0.05) is 12.5 Å². The fourth-order valence-electron chi connectivity index (χ4n) is 4.93. The molecule has 0 aliphatic carbocycles. The Hall–Kier alpha value is -2.97. The number of hydrogen-bond acceptors (Lipinski definition) is 4. The minimum absolute atomic E-state index is 0.101. The van der Waals surface area contributed by atoms with E-state index in [-0.39, 0.29) is 11.3 Å². The molecule has 0 bridgehead atoms. The van der Waals surface area contributed by atoms with Gasteiger partial charge < -0.3 is 19.9 Å². The number of nitrogens with zero attached hydrogens (tertiary/aromatic N) is 1. The number of carbonyl (C=O) groups excluding carboxylic acids is 1. The number of allylic oxidation sites excluding steroid dienone is 4. The first-order valence-electron chi connectivity index (χ1n) is 15.3. The maximum Gasteiger partial charge on any atom is 0.125 e. The van der Waals surface area contributed by atoms with Gasteiger partial charge in [0.05, 0.1) is 0 Å². The third-order valence-electron chi connectivity index (χ3n) is 7.56. The Kier molecular flexibility index (Phi) is 21.0. The Balaban J connectivity index is 0.00000315. The highest BCUT2D eigenvalue weighted by atomic mass is 16.3. The second-order valence-corrected chi connectivity index (χ2v) is 11.3. The van der Waals surface area contributed by atoms with E-state index in [1.807, 2.05) is 74.5 Å². The average Bonchev–Trinajstić information content (AvgIpc) is 3.02. The molecule has 2 aromatic carbocycles. The van der Waals surface area contributed by atoms with Crippen LogP contribution in [-0.2, 0) is 10.4 Å². The predicted octanol–water partition coefficient (Wildman–Crippen LogP) is 8.20. The van der Waals surface area contributed by atoms with Crippen molar-refractivity contribution in [3.63, 3.8) is 0 Å². The summed E-state index contributed by atoms with van der Waals surface area (Å²) in [5.74, 6) is 2.35. The Morgan fingerprint density at radius 2 is 1.48 bits per heavy atom. The molecule has 42 heavy (non-hydrogen) atoms. The Morgan fingerprint density at radius 3 is 1.93 bits per heavy atom. The van der Waals surface area contributed by atoms with E-state index in [2.05, 4.69) is 56.2 Å². The van der Waals surface area contributed by atoms with Crippen molar-refractivity contribution in [3.05, 3.63) is 95.6 Å². The van der Waals surface area contributed by atoms with Gasteiger partial charge in [-0.1, -0.05) is 112 Å². The van der Waals surface area contributed by atoms with E-state index in [0.29, 0.717) is 0 Å². The van der Waals surface area contributed by atoms with Crippen molar-refractivity contribution in [1.29, 1.82) is 0 Å². The topological polar surface area (TPSA) is 60.8 Å². The van der Waals surface area contributed by atoms with Gasteiger partial charge in [-0.15, -0.1) is 12.3 Å². The largest absolute Gasteiger partial charge is 0.400 e. The number of unbranched alkanes of at least 4 members (excludes halogenated alkanes) is 1. The van der Waals surface area contributed by atoms with Crippen LogP contribution in [-0.4, -0.2) is 48.1 Å². The molecule has 0 aliphatic rings. The molecule has 1 unspecified atom stereocenters. The summed E-state index contributed by atoms with van der Waals surface area (Å²) in [6.07, 6.45) is 18.3. The molecule has 4 heteroatoms. The van der Waals surface area contributed by atoms with Gasteiger partial charge in [0.25, 0.3) is 0 Å². The lowest BCUT2D eigenvalue weighted by Gasteiger charge is -2.36. The van der Waals surface area contributed by atoms with Gasteiger partial charge in [-0.2, -0.15) is 0 Å². The summed E-state index contributed by atoms with van der Waals surface area (Å²) in [6.45, 7) is 15.3. The highest BCUT2D eigenvalue weighted by molar-refractivity contribution is 5.58. The number of rotatable bonds is 17. The van der Waals surface area contributed by atoms with Crippen LogP contribution in [0.25, 0.3) is 0 Å². The van der Waals surface area contributed by atoms with Crippen LogP contribution in [0, 0.1) is 23.7 Å². The molecule has 0 aliphatic heterocycles. The molecular formula is C38H57NO3. The molecule has 0 fully saturated rings. The molecule has 2 rings (SSSR count). The monoisotopic (exact) mass is 575 g/mol. The first-order valence-corrected chi connectivity index (χ1v) is 15.3. The van der Waals surface area contributed by atoms with E-state index in [4.69, 9.17) is 5.11 Å². The molecule has 0 spiro atoms. The van der Waals surface area contributed by atoms with E-state index in [1.165, 1.54) is 12.0 Å². The van der Waals surface area contributed by atoms with Gasteiger partial charge in [0.2, 0.25) is 0 Å². The fraction of sp³-hybridized carbons (Fsp3) is 0.500. The van der Waals surface area contributed by atoms with Crippen molar-refractivity contribution >= 4 is 6.29 Å². The van der Waals surface area contributed by atoms with Gasteiger partial charge in [-0.05, 0) is 89.1 Å². The number of aliphatic hydroxyl groups is 2. The van der Waals surface area contributed by atoms with Crippen molar-refractivity contribution in [2.75, 3.05) is 26.7 Å². The second kappa shape index (κ2) is 22.6. The number of carbonyl (C=O) groups is 1. The van der Waals surface area contributed by atoms with Crippen LogP contribution in [0.4, 0.5) is 0 Å². The summed E-state index contributed by atoms with van der Waals surface area (Å²) >= 11 is 0. The lowest BCUT2D eigenvalue weighted by Crippen LogP contribution is -2.35. The Labute approximate surface area is 257 Å². The molecule has 0 saturated heterocycles. The summed E-state index contributed by atoms with van der Waals surface area (Å²) in [5, 5.41) is 19.0. The summed E-state index contributed by atoms with van der Waals surface area (Å²) in [4.78, 5) is 13.6. The molecule has 2 aromatic rings. The van der Waals surface area contributed by atoms with Crippen molar-refractivity contribution in [1.82, 2.24) is 4.90 Å². The lowest BCUT2D eigenvalue weighted by atomic mass is 9.75. The van der Waals surface area contributed by atoms with Crippen LogP contribution in [0.3, 0.4) is 0 Å². The van der Waals surface area contributed by atoms with Gasteiger partial charge in [-0.3, -0.25) is 0 Å². The zero-order valence-corrected chi connectivity index (χ0v) is 27.4. The zero-order valence-electron chi connectivity index (χ0n) is 27.4. The average molecular weight is 576 g/mol. The minimum atomic E-state index is -0.989. The first-order chi connectivity index (χ1) is 20.2. The molecule has 2 N–H and O–H groups in total. The van der Waals surface area contributed by atoms with Gasteiger partial charge in [0.1, 0.15) is 11.9 Å². The third kappa shape index (κ3) is 14.3. The Morgan fingerprint density at radius 1 is 0.976 bits per heavy atom. The summed E-state index contributed by atoms with van der Waals surface area (Å²) in [6, 6.07) is 20.2. The van der Waals surface area contributed by atoms with Crippen LogP contribution in [0.5, 0.6) is 0 Å². The highest BCUT2D eigenvalue weighted by Gasteiger charge is 2.37. The van der Waals surface area contributed by atoms with Crippen LogP contribution in [0.2, 0.25) is 0 Å². The summed E-state index contributed by atoms with van der Waals surface area (Å²) < 4.78 is 0. The van der Waals surface area contributed by atoms with E-state index in [1.54, 1.807) is 6.92 Å². The SMILES string of the molecule is C#CC.C/C=C(\C=C/CC(C)(C)C=O)CCCCN(CC)CCCC(C)C(O)(c1ccccc1)c1ccccc1.CO. The maximum absolute atomic E-state index is 12.0. The van der Waals surface area contributed by atoms with Gasteiger partial charge in [0.15, 0.2) is 0 Å². The van der Waals surface area contributed by atoms with Crippen LogP contribution in [0.1, 0.15) is 91.2 Å². The van der Waals surface area contributed by atoms with E-state index < -0.39 is 5.60 Å². The third-order valence-corrected chi connectivity index (χ3v) is 7.56. The molecule has 1 atom stereocenters. The molecule has 0 heterocycles. The van der Waals surface area contributed by atoms with E-state index >= 15 is 0 Å². The summed E-state index contributed by atoms with van der Waals surface area (Å²) in [7, 11) is 1.00. The zero-order chi connectivity index (χ0) is 31.9. The molecule has 4 nitrogen and oxygen atoms in total. The number of aldehydes is 1. The molecule has 0 aromatic heterocycles. The smallest absolute Gasteiger partial charge is 0.125 e. The molecular weight excluding hydrogens is 518 g/mol. The molecule has 0 radical (unpaired) electrons. The number of hydrogen-bond donors (Lipinski definition) is 2. The maximum atomic E-state index is 12.0. The standard InChI is InChI=1S/C34H49NO2.C3H4.CH4O/c1-6-30(20-16-25-33(4,5)28-36)19-14-15-26-35(7-2)27-17-18-29(3)34(37,31-21-10-8-11-22-31)32-23-12-9-13-24-32;1-3-2;1-2/h6,8-13,16,20-24,28-29,37H,7,14-15,17-19,25-27H2,1-5H3;1H,2H3;2H,1H3/b20-16-,30-6-;;. The van der Waals surface area contributed by atoms with E-state index in [0.717, 1.165) is 76.3 Å². The number of benzene rings is 2. The second-order valence-electron chi connectivity index (χ2n) is 11.3. The molecule has 0 saturated carbocycles. The van der Waals surface area contributed by atoms with Gasteiger partial charge >= 0.3 is 0 Å². The summed E-state index contributed by atoms with van der Waals surface area (Å²) in [5.41, 5.74) is 2.00. The van der Waals surface area contributed by atoms with Crippen molar-refractivity contribution in [2.45, 2.75) is 85.7 Å². The highest BCUT2D eigenvalue weighted by Crippen LogP contribution is 2.38.